The highest BCUT2D eigenvalue weighted by Gasteiger charge is 2.28. The van der Waals surface area contributed by atoms with E-state index in [0.29, 0.717) is 10.8 Å². The van der Waals surface area contributed by atoms with Crippen LogP contribution in [0.5, 0.6) is 0 Å². The van der Waals surface area contributed by atoms with Crippen LogP contribution in [0.1, 0.15) is 47.5 Å². The van der Waals surface area contributed by atoms with Gasteiger partial charge in [0.15, 0.2) is 0 Å². The molecule has 0 spiro atoms. The summed E-state index contributed by atoms with van der Waals surface area (Å²) >= 11 is 0. The van der Waals surface area contributed by atoms with E-state index in [-0.39, 0.29) is 0 Å². The van der Waals surface area contributed by atoms with Crippen LogP contribution in [0.2, 0.25) is 0 Å². The highest BCUT2D eigenvalue weighted by atomic mass is 14.3. The Morgan fingerprint density at radius 2 is 1.77 bits per heavy atom. The van der Waals surface area contributed by atoms with Crippen LogP contribution in [-0.4, -0.2) is 0 Å². The Morgan fingerprint density at radius 1 is 1.15 bits per heavy atom. The van der Waals surface area contributed by atoms with Crippen LogP contribution in [0.3, 0.4) is 0 Å². The Kier molecular flexibility index (Phi) is 2.70. The molecule has 0 aliphatic heterocycles. The third kappa shape index (κ3) is 3.02. The summed E-state index contributed by atoms with van der Waals surface area (Å²) in [6, 6.07) is 0. The minimum atomic E-state index is 0.363. The standard InChI is InChI=1S/C13H22/c1-12(2,3)10-13(4,5)11-8-6-7-9-11/h6-8H,9-10H2,1-5H3. The average molecular weight is 178 g/mol. The first-order chi connectivity index (χ1) is 5.81. The summed E-state index contributed by atoms with van der Waals surface area (Å²) in [5.41, 5.74) is 2.37. The van der Waals surface area contributed by atoms with Crippen LogP contribution in [-0.2, 0) is 0 Å². The molecule has 0 aromatic heterocycles. The SMILES string of the molecule is CC(C)(C)CC(C)(C)C1=CC=CC1. The normalized spacial score (nSPS) is 17.8. The molecule has 0 saturated carbocycles. The minimum Gasteiger partial charge on any atom is -0.0804 e. The van der Waals surface area contributed by atoms with Crippen molar-refractivity contribution in [3.8, 4) is 0 Å². The summed E-state index contributed by atoms with van der Waals surface area (Å²) in [5, 5.41) is 0. The highest BCUT2D eigenvalue weighted by molar-refractivity contribution is 5.27. The average Bonchev–Trinajstić information content (AvgIpc) is 2.29. The first-order valence-corrected chi connectivity index (χ1v) is 5.17. The van der Waals surface area contributed by atoms with E-state index in [1.807, 2.05) is 0 Å². The molecular formula is C13H22. The van der Waals surface area contributed by atoms with E-state index in [4.69, 9.17) is 0 Å². The number of hydrogen-bond donors (Lipinski definition) is 0. The smallest absolute Gasteiger partial charge is 0.0127 e. The maximum Gasteiger partial charge on any atom is -0.0127 e. The molecule has 0 N–H and O–H groups in total. The van der Waals surface area contributed by atoms with Gasteiger partial charge in [-0.2, -0.15) is 0 Å². The molecule has 0 unspecified atom stereocenters. The van der Waals surface area contributed by atoms with Gasteiger partial charge < -0.3 is 0 Å². The molecule has 0 heterocycles. The van der Waals surface area contributed by atoms with Crippen LogP contribution in [0, 0.1) is 10.8 Å². The zero-order chi connectivity index (χ0) is 10.1. The van der Waals surface area contributed by atoms with E-state index in [0.717, 1.165) is 6.42 Å². The molecule has 0 fully saturated rings. The summed E-state index contributed by atoms with van der Waals surface area (Å²) in [6.07, 6.45) is 9.13. The molecule has 0 aromatic carbocycles. The number of allylic oxidation sites excluding steroid dienone is 4. The van der Waals surface area contributed by atoms with E-state index < -0.39 is 0 Å². The Labute approximate surface area is 82.7 Å². The van der Waals surface area contributed by atoms with Gasteiger partial charge in [-0.3, -0.25) is 0 Å². The lowest BCUT2D eigenvalue weighted by Crippen LogP contribution is -2.22. The molecule has 1 aliphatic rings. The van der Waals surface area contributed by atoms with Crippen LogP contribution in [0.25, 0.3) is 0 Å². The topological polar surface area (TPSA) is 0 Å². The quantitative estimate of drug-likeness (QED) is 0.590. The largest absolute Gasteiger partial charge is 0.0804 e. The van der Waals surface area contributed by atoms with Crippen molar-refractivity contribution in [2.24, 2.45) is 10.8 Å². The first-order valence-electron chi connectivity index (χ1n) is 5.17. The van der Waals surface area contributed by atoms with E-state index >= 15 is 0 Å². The van der Waals surface area contributed by atoms with Crippen LogP contribution >= 0.6 is 0 Å². The third-order valence-electron chi connectivity index (χ3n) is 2.61. The predicted octanol–water partition coefficient (Wildman–Crippen LogP) is 4.34. The highest BCUT2D eigenvalue weighted by Crippen LogP contribution is 2.41. The lowest BCUT2D eigenvalue weighted by Gasteiger charge is -2.33. The molecule has 0 aromatic rings. The van der Waals surface area contributed by atoms with Crippen molar-refractivity contribution in [2.45, 2.75) is 47.5 Å². The second-order valence-electron chi connectivity index (χ2n) is 5.95. The predicted molar refractivity (Wildman–Crippen MR) is 59.7 cm³/mol. The number of hydrogen-bond acceptors (Lipinski definition) is 0. The van der Waals surface area contributed by atoms with Crippen molar-refractivity contribution in [3.05, 3.63) is 23.8 Å². The molecule has 13 heavy (non-hydrogen) atoms. The Hall–Kier alpha value is -0.520. The van der Waals surface area contributed by atoms with Crippen molar-refractivity contribution in [1.29, 1.82) is 0 Å². The molecule has 0 bridgehead atoms. The fourth-order valence-electron chi connectivity index (χ4n) is 2.39. The van der Waals surface area contributed by atoms with Crippen LogP contribution < -0.4 is 0 Å². The Morgan fingerprint density at radius 3 is 2.15 bits per heavy atom. The molecule has 0 radical (unpaired) electrons. The maximum absolute atomic E-state index is 2.36. The second kappa shape index (κ2) is 3.32. The van der Waals surface area contributed by atoms with E-state index in [1.165, 1.54) is 6.42 Å². The molecule has 0 atom stereocenters. The van der Waals surface area contributed by atoms with Crippen molar-refractivity contribution >= 4 is 0 Å². The lowest BCUT2D eigenvalue weighted by atomic mass is 9.71. The summed E-state index contributed by atoms with van der Waals surface area (Å²) < 4.78 is 0. The molecule has 0 nitrogen and oxygen atoms in total. The van der Waals surface area contributed by atoms with Gasteiger partial charge in [0.2, 0.25) is 0 Å². The molecule has 74 valence electrons. The van der Waals surface area contributed by atoms with E-state index in [1.54, 1.807) is 5.57 Å². The van der Waals surface area contributed by atoms with Gasteiger partial charge in [-0.25, -0.2) is 0 Å². The zero-order valence-electron chi connectivity index (χ0n) is 9.65. The van der Waals surface area contributed by atoms with E-state index in [2.05, 4.69) is 52.8 Å². The maximum atomic E-state index is 2.36. The fraction of sp³-hybridized carbons (Fsp3) is 0.692. The molecule has 1 aliphatic carbocycles. The van der Waals surface area contributed by atoms with Crippen LogP contribution in [0.15, 0.2) is 23.8 Å². The molecule has 0 heteroatoms. The van der Waals surface area contributed by atoms with Crippen molar-refractivity contribution < 1.29 is 0 Å². The Bertz CT molecular complexity index is 233. The van der Waals surface area contributed by atoms with Gasteiger partial charge in [0, 0.05) is 0 Å². The first kappa shape index (κ1) is 10.6. The second-order valence-corrected chi connectivity index (χ2v) is 5.95. The van der Waals surface area contributed by atoms with Gasteiger partial charge in [0.1, 0.15) is 0 Å². The summed E-state index contributed by atoms with van der Waals surface area (Å²) in [7, 11) is 0. The van der Waals surface area contributed by atoms with Crippen LogP contribution in [0.4, 0.5) is 0 Å². The summed E-state index contributed by atoms with van der Waals surface area (Å²) in [4.78, 5) is 0. The monoisotopic (exact) mass is 178 g/mol. The van der Waals surface area contributed by atoms with Gasteiger partial charge in [-0.1, -0.05) is 58.4 Å². The molecule has 0 saturated heterocycles. The van der Waals surface area contributed by atoms with Gasteiger partial charge in [-0.05, 0) is 23.7 Å². The van der Waals surface area contributed by atoms with Gasteiger partial charge >= 0.3 is 0 Å². The summed E-state index contributed by atoms with van der Waals surface area (Å²) in [6.45, 7) is 11.7. The fourth-order valence-corrected chi connectivity index (χ4v) is 2.39. The van der Waals surface area contributed by atoms with Crippen molar-refractivity contribution in [1.82, 2.24) is 0 Å². The van der Waals surface area contributed by atoms with E-state index in [9.17, 15) is 0 Å². The van der Waals surface area contributed by atoms with Crippen molar-refractivity contribution in [2.75, 3.05) is 0 Å². The van der Waals surface area contributed by atoms with Gasteiger partial charge in [0.05, 0.1) is 0 Å². The minimum absolute atomic E-state index is 0.363. The molecule has 0 amide bonds. The van der Waals surface area contributed by atoms with Gasteiger partial charge in [0.25, 0.3) is 0 Å². The Balaban J connectivity index is 2.66. The molecular weight excluding hydrogens is 156 g/mol. The zero-order valence-corrected chi connectivity index (χ0v) is 9.65. The lowest BCUT2D eigenvalue weighted by molar-refractivity contribution is 0.248. The molecule has 1 rings (SSSR count). The summed E-state index contributed by atoms with van der Waals surface area (Å²) in [5.74, 6) is 0. The third-order valence-corrected chi connectivity index (χ3v) is 2.61. The number of rotatable bonds is 2. The van der Waals surface area contributed by atoms with Crippen molar-refractivity contribution in [3.63, 3.8) is 0 Å². The van der Waals surface area contributed by atoms with Gasteiger partial charge in [-0.15, -0.1) is 0 Å².